The van der Waals surface area contributed by atoms with E-state index in [1.807, 2.05) is 11.7 Å². The molecule has 1 aliphatic rings. The van der Waals surface area contributed by atoms with E-state index < -0.39 is 0 Å². The topological polar surface area (TPSA) is 68.6 Å². The Hall–Kier alpha value is -1.85. The van der Waals surface area contributed by atoms with Gasteiger partial charge in [-0.1, -0.05) is 0 Å². The van der Waals surface area contributed by atoms with Crippen LogP contribution in [0.25, 0.3) is 0 Å². The summed E-state index contributed by atoms with van der Waals surface area (Å²) in [7, 11) is 1.98. The summed E-state index contributed by atoms with van der Waals surface area (Å²) in [6.45, 7) is 5.97. The van der Waals surface area contributed by atoms with Crippen LogP contribution in [0.3, 0.4) is 0 Å². The molecule has 0 bridgehead atoms. The molecule has 1 fully saturated rings. The molecule has 1 aliphatic heterocycles. The van der Waals surface area contributed by atoms with E-state index in [0.717, 1.165) is 31.6 Å². The normalized spacial score (nSPS) is 20.1. The van der Waals surface area contributed by atoms with Crippen molar-refractivity contribution in [2.24, 2.45) is 13.0 Å². The van der Waals surface area contributed by atoms with Gasteiger partial charge in [0.25, 0.3) is 0 Å². The first-order chi connectivity index (χ1) is 10.1. The number of aryl methyl sites for hydroxylation is 2. The molecule has 0 amide bonds. The van der Waals surface area contributed by atoms with E-state index in [9.17, 15) is 5.26 Å². The Labute approximate surface area is 126 Å². The van der Waals surface area contributed by atoms with Crippen molar-refractivity contribution in [2.45, 2.75) is 45.6 Å². The van der Waals surface area contributed by atoms with Gasteiger partial charge in [0, 0.05) is 37.3 Å². The monoisotopic (exact) mass is 285 g/mol. The molecule has 0 aromatic carbocycles. The average Bonchev–Trinajstić information content (AvgIpc) is 3.00. The van der Waals surface area contributed by atoms with Crippen LogP contribution in [0.4, 0.5) is 0 Å². The lowest BCUT2D eigenvalue weighted by Gasteiger charge is -2.26. The van der Waals surface area contributed by atoms with Crippen LogP contribution in [0, 0.1) is 42.4 Å². The molecule has 2 heterocycles. The summed E-state index contributed by atoms with van der Waals surface area (Å²) in [4.78, 5) is 2.41. The van der Waals surface area contributed by atoms with Gasteiger partial charge in [-0.3, -0.25) is 9.58 Å². The Balaban J connectivity index is 2.14. The zero-order valence-electron chi connectivity index (χ0n) is 13.1. The van der Waals surface area contributed by atoms with Crippen LogP contribution in [0.1, 0.15) is 48.7 Å². The fourth-order valence-corrected chi connectivity index (χ4v) is 3.36. The van der Waals surface area contributed by atoms with Gasteiger partial charge in [-0.15, -0.1) is 0 Å². The highest BCUT2D eigenvalue weighted by Gasteiger charge is 2.31. The molecule has 112 valence electrons. The summed E-state index contributed by atoms with van der Waals surface area (Å²) < 4.78 is 1.94. The van der Waals surface area contributed by atoms with Crippen LogP contribution in [-0.2, 0) is 7.05 Å². The highest BCUT2D eigenvalue weighted by atomic mass is 15.3. The second-order valence-electron chi connectivity index (χ2n) is 5.88. The molecule has 0 saturated carbocycles. The van der Waals surface area contributed by atoms with Gasteiger partial charge in [-0.05, 0) is 39.7 Å². The van der Waals surface area contributed by atoms with Gasteiger partial charge < -0.3 is 0 Å². The van der Waals surface area contributed by atoms with Crippen LogP contribution in [-0.4, -0.2) is 27.8 Å². The van der Waals surface area contributed by atoms with Crippen molar-refractivity contribution in [3.8, 4) is 12.1 Å². The maximum Gasteiger partial charge on any atom is 0.0669 e. The largest absolute Gasteiger partial charge is 0.295 e. The summed E-state index contributed by atoms with van der Waals surface area (Å²) in [6, 6.07) is 4.87. The van der Waals surface area contributed by atoms with Crippen molar-refractivity contribution in [1.82, 2.24) is 14.7 Å². The van der Waals surface area contributed by atoms with Crippen LogP contribution < -0.4 is 0 Å². The van der Waals surface area contributed by atoms with Crippen LogP contribution in [0.15, 0.2) is 0 Å². The number of nitriles is 2. The molecule has 2 atom stereocenters. The van der Waals surface area contributed by atoms with E-state index in [0.29, 0.717) is 18.9 Å². The predicted molar refractivity (Wildman–Crippen MR) is 80.2 cm³/mol. The Morgan fingerprint density at radius 1 is 1.38 bits per heavy atom. The molecule has 21 heavy (non-hydrogen) atoms. The molecular weight excluding hydrogens is 262 g/mol. The molecule has 5 heteroatoms. The van der Waals surface area contributed by atoms with Crippen molar-refractivity contribution in [2.75, 3.05) is 13.1 Å². The lowest BCUT2D eigenvalue weighted by Crippen LogP contribution is -2.29. The third-order valence-corrected chi connectivity index (χ3v) is 4.50. The van der Waals surface area contributed by atoms with Crippen LogP contribution in [0.2, 0.25) is 0 Å². The van der Waals surface area contributed by atoms with Gasteiger partial charge in [-0.2, -0.15) is 15.6 Å². The summed E-state index contributed by atoms with van der Waals surface area (Å²) >= 11 is 0. The lowest BCUT2D eigenvalue weighted by molar-refractivity contribution is 0.229. The van der Waals surface area contributed by atoms with Gasteiger partial charge >= 0.3 is 0 Å². The smallest absolute Gasteiger partial charge is 0.0669 e. The number of aromatic nitrogens is 2. The summed E-state index contributed by atoms with van der Waals surface area (Å²) in [5.41, 5.74) is 3.64. The van der Waals surface area contributed by atoms with E-state index in [-0.39, 0.29) is 5.92 Å². The molecule has 5 nitrogen and oxygen atoms in total. The molecule has 0 unspecified atom stereocenters. The first-order valence-corrected chi connectivity index (χ1v) is 7.59. The minimum Gasteiger partial charge on any atom is -0.295 e. The van der Waals surface area contributed by atoms with E-state index in [1.165, 1.54) is 11.3 Å². The summed E-state index contributed by atoms with van der Waals surface area (Å²) in [5, 5.41) is 22.5. The molecule has 2 rings (SSSR count). The van der Waals surface area contributed by atoms with Crippen molar-refractivity contribution in [1.29, 1.82) is 10.5 Å². The third kappa shape index (κ3) is 3.25. The van der Waals surface area contributed by atoms with Crippen LogP contribution in [0.5, 0.6) is 0 Å². The molecule has 1 aromatic rings. The summed E-state index contributed by atoms with van der Waals surface area (Å²) in [6.07, 6.45) is 3.42. The third-order valence-electron chi connectivity index (χ3n) is 4.50. The van der Waals surface area contributed by atoms with Gasteiger partial charge in [0.2, 0.25) is 0 Å². The second-order valence-corrected chi connectivity index (χ2v) is 5.88. The average molecular weight is 285 g/mol. The molecule has 0 spiro atoms. The first kappa shape index (κ1) is 15.5. The molecule has 1 aromatic heterocycles. The highest BCUT2D eigenvalue weighted by molar-refractivity contribution is 5.29. The fourth-order valence-electron chi connectivity index (χ4n) is 3.36. The summed E-state index contributed by atoms with van der Waals surface area (Å²) in [5.74, 6) is -0.0532. The van der Waals surface area contributed by atoms with Gasteiger partial charge in [0.15, 0.2) is 0 Å². The second kappa shape index (κ2) is 6.74. The number of rotatable bonds is 5. The van der Waals surface area contributed by atoms with E-state index in [4.69, 9.17) is 5.26 Å². The molecule has 0 aliphatic carbocycles. The Morgan fingerprint density at radius 3 is 2.71 bits per heavy atom. The zero-order chi connectivity index (χ0) is 15.4. The number of hydrogen-bond donors (Lipinski definition) is 0. The van der Waals surface area contributed by atoms with Crippen molar-refractivity contribution in [3.05, 3.63) is 17.0 Å². The van der Waals surface area contributed by atoms with E-state index in [1.54, 1.807) is 0 Å². The Morgan fingerprint density at radius 2 is 2.14 bits per heavy atom. The number of hydrogen-bond acceptors (Lipinski definition) is 4. The predicted octanol–water partition coefficient (Wildman–Crippen LogP) is 2.62. The zero-order valence-corrected chi connectivity index (χ0v) is 13.1. The maximum atomic E-state index is 9.28. The van der Waals surface area contributed by atoms with Gasteiger partial charge in [-0.25, -0.2) is 0 Å². The lowest BCUT2D eigenvalue weighted by atomic mass is 10.00. The maximum absolute atomic E-state index is 9.28. The highest BCUT2D eigenvalue weighted by Crippen LogP contribution is 2.36. The van der Waals surface area contributed by atoms with Crippen molar-refractivity contribution >= 4 is 0 Å². The Bertz CT molecular complexity index is 575. The van der Waals surface area contributed by atoms with Crippen LogP contribution >= 0.6 is 0 Å². The standard InChI is InChI=1S/C16H23N5/c1-12-16(13(2)20(3)19-12)15-7-5-9-21(15)11-14(10-18)6-4-8-17/h14-15H,4-7,9,11H2,1-3H3/t14-,15+/m0/s1. The number of likely N-dealkylation sites (tertiary alicyclic amines) is 1. The molecule has 1 saturated heterocycles. The van der Waals surface area contributed by atoms with Crippen molar-refractivity contribution in [3.63, 3.8) is 0 Å². The minimum atomic E-state index is -0.0532. The Kier molecular flexibility index (Phi) is 4.98. The van der Waals surface area contributed by atoms with E-state index in [2.05, 4.69) is 36.0 Å². The minimum absolute atomic E-state index is 0.0532. The molecular formula is C16H23N5. The number of nitrogens with zero attached hydrogens (tertiary/aromatic N) is 5. The fraction of sp³-hybridized carbons (Fsp3) is 0.688. The van der Waals surface area contributed by atoms with Gasteiger partial charge in [0.1, 0.15) is 0 Å². The molecule has 0 radical (unpaired) electrons. The quantitative estimate of drug-likeness (QED) is 0.834. The van der Waals surface area contributed by atoms with Gasteiger partial charge in [0.05, 0.1) is 23.8 Å². The van der Waals surface area contributed by atoms with E-state index >= 15 is 0 Å². The SMILES string of the molecule is Cc1nn(C)c(C)c1[C@H]1CCCN1C[C@H](C#N)CCC#N. The first-order valence-electron chi connectivity index (χ1n) is 7.59. The van der Waals surface area contributed by atoms with Crippen molar-refractivity contribution < 1.29 is 0 Å². The molecule has 0 N–H and O–H groups in total.